The number of nitrogens with one attached hydrogen (secondary N) is 1. The average Bonchev–Trinajstić information content (AvgIpc) is 2.75. The van der Waals surface area contributed by atoms with Gasteiger partial charge in [-0.05, 0) is 37.5 Å². The Labute approximate surface area is 177 Å². The van der Waals surface area contributed by atoms with E-state index in [9.17, 15) is 18.0 Å². The lowest BCUT2D eigenvalue weighted by atomic mass is 9.97. The molecule has 1 amide bonds. The van der Waals surface area contributed by atoms with Gasteiger partial charge in [-0.2, -0.15) is 0 Å². The van der Waals surface area contributed by atoms with Crippen LogP contribution in [0.5, 0.6) is 0 Å². The monoisotopic (exact) mass is 430 g/mol. The summed E-state index contributed by atoms with van der Waals surface area (Å²) in [4.78, 5) is 24.8. The maximum absolute atomic E-state index is 12.7. The van der Waals surface area contributed by atoms with Gasteiger partial charge in [-0.25, -0.2) is 17.5 Å². The maximum Gasteiger partial charge on any atom is 0.340 e. The summed E-state index contributed by atoms with van der Waals surface area (Å²) in [6.07, 6.45) is 0.864. The fourth-order valence-electron chi connectivity index (χ4n) is 3.49. The summed E-state index contributed by atoms with van der Waals surface area (Å²) in [5.74, 6) is -1.07. The lowest BCUT2D eigenvalue weighted by Gasteiger charge is -2.30. The molecule has 0 bridgehead atoms. The molecule has 1 aliphatic heterocycles. The normalized spacial score (nSPS) is 15.5. The van der Waals surface area contributed by atoms with E-state index >= 15 is 0 Å². The van der Waals surface area contributed by atoms with Crippen molar-refractivity contribution >= 4 is 27.6 Å². The van der Waals surface area contributed by atoms with E-state index in [2.05, 4.69) is 5.32 Å². The Balaban J connectivity index is 1.59. The van der Waals surface area contributed by atoms with Crippen molar-refractivity contribution in [2.75, 3.05) is 25.0 Å². The number of ether oxygens (including phenoxy) is 1. The number of rotatable bonds is 7. The fourth-order valence-corrected chi connectivity index (χ4v) is 5.05. The minimum atomic E-state index is -3.43. The second-order valence-electron chi connectivity index (χ2n) is 7.17. The lowest BCUT2D eigenvalue weighted by Crippen LogP contribution is -2.42. The Morgan fingerprint density at radius 2 is 1.67 bits per heavy atom. The second-order valence-corrected chi connectivity index (χ2v) is 9.14. The molecule has 2 aromatic rings. The van der Waals surface area contributed by atoms with Gasteiger partial charge in [-0.15, -0.1) is 0 Å². The number of carbonyl (C=O) groups excluding carboxylic acids is 2. The molecule has 0 aliphatic carbocycles. The smallest absolute Gasteiger partial charge is 0.340 e. The van der Waals surface area contributed by atoms with E-state index < -0.39 is 16.0 Å². The van der Waals surface area contributed by atoms with Gasteiger partial charge in [0, 0.05) is 19.0 Å². The van der Waals surface area contributed by atoms with Crippen molar-refractivity contribution in [1.29, 1.82) is 0 Å². The van der Waals surface area contributed by atoms with E-state index in [0.717, 1.165) is 5.56 Å². The topological polar surface area (TPSA) is 92.8 Å². The van der Waals surface area contributed by atoms with Gasteiger partial charge in [0.05, 0.1) is 23.6 Å². The zero-order valence-electron chi connectivity index (χ0n) is 16.9. The van der Waals surface area contributed by atoms with Crippen LogP contribution in [0.25, 0.3) is 0 Å². The first-order valence-corrected chi connectivity index (χ1v) is 11.6. The van der Waals surface area contributed by atoms with Crippen LogP contribution in [0.4, 0.5) is 5.69 Å². The quantitative estimate of drug-likeness (QED) is 0.682. The molecule has 0 unspecified atom stereocenters. The van der Waals surface area contributed by atoms with Crippen LogP contribution in [0.15, 0.2) is 54.6 Å². The molecule has 7 nitrogen and oxygen atoms in total. The van der Waals surface area contributed by atoms with Crippen LogP contribution in [0.3, 0.4) is 0 Å². The third kappa shape index (κ3) is 5.46. The third-order valence-corrected chi connectivity index (χ3v) is 6.94. The molecular weight excluding hydrogens is 404 g/mol. The molecule has 0 spiro atoms. The molecule has 2 aromatic carbocycles. The molecule has 8 heteroatoms. The van der Waals surface area contributed by atoms with Crippen molar-refractivity contribution in [3.05, 3.63) is 65.7 Å². The van der Waals surface area contributed by atoms with Crippen molar-refractivity contribution in [2.45, 2.75) is 25.5 Å². The van der Waals surface area contributed by atoms with Gasteiger partial charge in [0.2, 0.25) is 15.9 Å². The van der Waals surface area contributed by atoms with Gasteiger partial charge in [-0.1, -0.05) is 42.5 Å². The fraction of sp³-hybridized carbons (Fsp3) is 0.364. The van der Waals surface area contributed by atoms with E-state index in [0.29, 0.717) is 37.2 Å². The predicted molar refractivity (Wildman–Crippen MR) is 114 cm³/mol. The van der Waals surface area contributed by atoms with E-state index in [1.807, 2.05) is 18.2 Å². The van der Waals surface area contributed by atoms with E-state index in [1.54, 1.807) is 43.3 Å². The summed E-state index contributed by atoms with van der Waals surface area (Å²) < 4.78 is 31.8. The Morgan fingerprint density at radius 1 is 1.03 bits per heavy atom. The van der Waals surface area contributed by atoms with Gasteiger partial charge in [0.25, 0.3) is 0 Å². The number of piperidine rings is 1. The standard InChI is InChI=1S/C22H26N2O5S/c1-2-29-22(26)19-10-6-7-11-20(19)23-21(25)18-12-14-24(15-13-18)30(27,28)16-17-8-4-3-5-9-17/h3-11,18H,2,12-16H2,1H3,(H,23,25). The number of hydrogen-bond acceptors (Lipinski definition) is 5. The van der Waals surface area contributed by atoms with Gasteiger partial charge in [0.15, 0.2) is 0 Å². The van der Waals surface area contributed by atoms with Crippen LogP contribution in [0, 0.1) is 5.92 Å². The molecule has 30 heavy (non-hydrogen) atoms. The Kier molecular flexibility index (Phi) is 7.23. The molecule has 1 heterocycles. The SMILES string of the molecule is CCOC(=O)c1ccccc1NC(=O)C1CCN(S(=O)(=O)Cc2ccccc2)CC1. The van der Waals surface area contributed by atoms with Gasteiger partial charge >= 0.3 is 5.97 Å². The molecule has 0 aromatic heterocycles. The molecule has 1 aliphatic rings. The number of nitrogens with zero attached hydrogens (tertiary/aromatic N) is 1. The van der Waals surface area contributed by atoms with Crippen molar-refractivity contribution < 1.29 is 22.7 Å². The van der Waals surface area contributed by atoms with Crippen LogP contribution in [-0.2, 0) is 25.3 Å². The van der Waals surface area contributed by atoms with Gasteiger partial charge in [-0.3, -0.25) is 4.79 Å². The number of amides is 1. The largest absolute Gasteiger partial charge is 0.462 e. The zero-order chi connectivity index (χ0) is 21.6. The molecule has 1 N–H and O–H groups in total. The second kappa shape index (κ2) is 9.86. The summed E-state index contributed by atoms with van der Waals surface area (Å²) in [5, 5.41) is 2.81. The highest BCUT2D eigenvalue weighted by Gasteiger charge is 2.31. The third-order valence-electron chi connectivity index (χ3n) is 5.09. The van der Waals surface area contributed by atoms with E-state index in [4.69, 9.17) is 4.74 Å². The summed E-state index contributed by atoms with van der Waals surface area (Å²) in [6, 6.07) is 15.8. The van der Waals surface area contributed by atoms with Crippen molar-refractivity contribution in [3.8, 4) is 0 Å². The Hall–Kier alpha value is -2.71. The first-order chi connectivity index (χ1) is 14.4. The zero-order valence-corrected chi connectivity index (χ0v) is 17.7. The minimum absolute atomic E-state index is 0.0440. The summed E-state index contributed by atoms with van der Waals surface area (Å²) in [7, 11) is -3.43. The van der Waals surface area contributed by atoms with Gasteiger partial charge < -0.3 is 10.1 Å². The number of para-hydroxylation sites is 1. The molecule has 0 atom stereocenters. The Morgan fingerprint density at radius 3 is 2.33 bits per heavy atom. The summed E-state index contributed by atoms with van der Waals surface area (Å²) >= 11 is 0. The number of anilines is 1. The highest BCUT2D eigenvalue weighted by atomic mass is 32.2. The van der Waals surface area contributed by atoms with Gasteiger partial charge in [0.1, 0.15) is 0 Å². The van der Waals surface area contributed by atoms with Crippen LogP contribution in [0.2, 0.25) is 0 Å². The molecule has 0 radical (unpaired) electrons. The number of benzene rings is 2. The van der Waals surface area contributed by atoms with Crippen LogP contribution < -0.4 is 5.32 Å². The van der Waals surface area contributed by atoms with Crippen LogP contribution in [0.1, 0.15) is 35.7 Å². The molecule has 1 saturated heterocycles. The highest BCUT2D eigenvalue weighted by Crippen LogP contribution is 2.24. The average molecular weight is 431 g/mol. The molecule has 160 valence electrons. The lowest BCUT2D eigenvalue weighted by molar-refractivity contribution is -0.120. The number of esters is 1. The van der Waals surface area contributed by atoms with Crippen molar-refractivity contribution in [2.24, 2.45) is 5.92 Å². The first kappa shape index (κ1) is 22.0. The van der Waals surface area contributed by atoms with Crippen molar-refractivity contribution in [1.82, 2.24) is 4.31 Å². The van der Waals surface area contributed by atoms with Crippen LogP contribution in [-0.4, -0.2) is 44.3 Å². The first-order valence-electron chi connectivity index (χ1n) is 9.99. The predicted octanol–water partition coefficient (Wildman–Crippen LogP) is 3.04. The summed E-state index contributed by atoms with van der Waals surface area (Å²) in [5.41, 5.74) is 1.45. The Bertz CT molecular complexity index is 984. The number of sulfonamides is 1. The molecule has 3 rings (SSSR count). The summed E-state index contributed by atoms with van der Waals surface area (Å²) in [6.45, 7) is 2.56. The molecule has 1 fully saturated rings. The van der Waals surface area contributed by atoms with Crippen LogP contribution >= 0.6 is 0 Å². The maximum atomic E-state index is 12.7. The highest BCUT2D eigenvalue weighted by molar-refractivity contribution is 7.88. The molecular formula is C22H26N2O5S. The van der Waals surface area contributed by atoms with E-state index in [1.165, 1.54) is 4.31 Å². The van der Waals surface area contributed by atoms with Crippen molar-refractivity contribution in [3.63, 3.8) is 0 Å². The molecule has 0 saturated carbocycles. The minimum Gasteiger partial charge on any atom is -0.462 e. The number of carbonyl (C=O) groups is 2. The van der Waals surface area contributed by atoms with E-state index in [-0.39, 0.29) is 24.2 Å². The number of hydrogen-bond donors (Lipinski definition) is 1.